The zero-order chi connectivity index (χ0) is 17.1. The summed E-state index contributed by atoms with van der Waals surface area (Å²) in [4.78, 5) is 23.6. The Balaban J connectivity index is 2.15. The van der Waals surface area contributed by atoms with Crippen LogP contribution in [0.25, 0.3) is 11.1 Å². The molecule has 0 spiro atoms. The highest BCUT2D eigenvalue weighted by Gasteiger charge is 2.22. The fourth-order valence-electron chi connectivity index (χ4n) is 3.20. The molecule has 2 aromatic carbocycles. The lowest BCUT2D eigenvalue weighted by molar-refractivity contribution is -0.141. The van der Waals surface area contributed by atoms with Crippen LogP contribution in [0.5, 0.6) is 5.75 Å². The average molecular weight is 324 g/mol. The van der Waals surface area contributed by atoms with Gasteiger partial charge in [0.15, 0.2) is 6.29 Å². The molecular weight excluding hydrogens is 304 g/mol. The number of ether oxygens (including phenoxy) is 2. The largest absolute Gasteiger partial charge is 0.493 e. The molecule has 0 bridgehead atoms. The lowest BCUT2D eigenvalue weighted by atomic mass is 9.87. The van der Waals surface area contributed by atoms with Crippen LogP contribution in [-0.2, 0) is 16.0 Å². The number of hydrogen-bond donors (Lipinski definition) is 0. The highest BCUT2D eigenvalue weighted by Crippen LogP contribution is 2.36. The summed E-state index contributed by atoms with van der Waals surface area (Å²) in [6.45, 7) is 2.53. The van der Waals surface area contributed by atoms with E-state index in [9.17, 15) is 9.59 Å². The molecule has 0 fully saturated rings. The molecule has 1 aliphatic heterocycles. The van der Waals surface area contributed by atoms with Crippen LogP contribution >= 0.6 is 0 Å². The van der Waals surface area contributed by atoms with Gasteiger partial charge < -0.3 is 9.47 Å². The van der Waals surface area contributed by atoms with Crippen molar-refractivity contribution in [2.24, 2.45) is 0 Å². The molecular formula is C20H20O4. The number of rotatable bonds is 4. The third-order valence-electron chi connectivity index (χ3n) is 4.47. The maximum Gasteiger partial charge on any atom is 0.312 e. The van der Waals surface area contributed by atoms with E-state index < -0.39 is 5.92 Å². The van der Waals surface area contributed by atoms with Gasteiger partial charge >= 0.3 is 5.97 Å². The Bertz CT molecular complexity index is 779. The van der Waals surface area contributed by atoms with E-state index in [0.29, 0.717) is 5.56 Å². The van der Waals surface area contributed by atoms with Crippen molar-refractivity contribution in [3.8, 4) is 16.9 Å². The van der Waals surface area contributed by atoms with Gasteiger partial charge in [-0.05, 0) is 54.2 Å². The molecule has 0 radical (unpaired) electrons. The first-order valence-corrected chi connectivity index (χ1v) is 8.07. The van der Waals surface area contributed by atoms with Gasteiger partial charge in [0.2, 0.25) is 0 Å². The Morgan fingerprint density at radius 2 is 2.12 bits per heavy atom. The fourth-order valence-corrected chi connectivity index (χ4v) is 3.20. The summed E-state index contributed by atoms with van der Waals surface area (Å²) >= 11 is 0. The van der Waals surface area contributed by atoms with Crippen LogP contribution in [0.15, 0.2) is 36.4 Å². The van der Waals surface area contributed by atoms with E-state index in [1.807, 2.05) is 18.2 Å². The Morgan fingerprint density at radius 3 is 2.88 bits per heavy atom. The minimum absolute atomic E-state index is 0.319. The summed E-state index contributed by atoms with van der Waals surface area (Å²) < 4.78 is 10.5. The molecule has 1 atom stereocenters. The normalized spacial score (nSPS) is 14.2. The Labute approximate surface area is 141 Å². The summed E-state index contributed by atoms with van der Waals surface area (Å²) in [7, 11) is 1.37. The molecule has 3 rings (SSSR count). The van der Waals surface area contributed by atoms with Crippen molar-refractivity contribution in [3.63, 3.8) is 0 Å². The molecule has 24 heavy (non-hydrogen) atoms. The third kappa shape index (κ3) is 2.92. The van der Waals surface area contributed by atoms with Crippen LogP contribution < -0.4 is 4.74 Å². The Hall–Kier alpha value is -2.62. The zero-order valence-electron chi connectivity index (χ0n) is 13.9. The standard InChI is InChI=1S/C20H20O4/c1-13(20(22)23-2)17-7-3-5-16(12-21)19(17)15-8-9-18-14(11-15)6-4-10-24-18/h3,5,7-9,11-13H,4,6,10H2,1-2H3. The van der Waals surface area contributed by atoms with E-state index in [-0.39, 0.29) is 5.97 Å². The first-order chi connectivity index (χ1) is 11.7. The van der Waals surface area contributed by atoms with Gasteiger partial charge in [-0.3, -0.25) is 9.59 Å². The number of carbonyl (C=O) groups excluding carboxylic acids is 2. The number of carbonyl (C=O) groups is 2. The molecule has 0 aliphatic carbocycles. The van der Waals surface area contributed by atoms with Gasteiger partial charge in [0.1, 0.15) is 5.75 Å². The number of hydrogen-bond acceptors (Lipinski definition) is 4. The summed E-state index contributed by atoms with van der Waals surface area (Å²) in [6, 6.07) is 11.4. The van der Waals surface area contributed by atoms with Crippen LogP contribution in [-0.4, -0.2) is 26.0 Å². The van der Waals surface area contributed by atoms with Gasteiger partial charge in [0.05, 0.1) is 19.6 Å². The molecule has 0 N–H and O–H groups in total. The van der Waals surface area contributed by atoms with E-state index in [4.69, 9.17) is 9.47 Å². The molecule has 1 heterocycles. The third-order valence-corrected chi connectivity index (χ3v) is 4.47. The smallest absolute Gasteiger partial charge is 0.312 e. The second-order valence-corrected chi connectivity index (χ2v) is 5.95. The van der Waals surface area contributed by atoms with Crippen molar-refractivity contribution in [2.45, 2.75) is 25.7 Å². The molecule has 4 nitrogen and oxygen atoms in total. The molecule has 124 valence electrons. The maximum absolute atomic E-state index is 12.0. The van der Waals surface area contributed by atoms with Gasteiger partial charge in [-0.1, -0.05) is 24.3 Å². The van der Waals surface area contributed by atoms with Crippen LogP contribution in [0.3, 0.4) is 0 Å². The number of fused-ring (bicyclic) bond motifs is 1. The minimum Gasteiger partial charge on any atom is -0.493 e. The molecule has 1 unspecified atom stereocenters. The lowest BCUT2D eigenvalue weighted by Crippen LogP contribution is -2.13. The van der Waals surface area contributed by atoms with E-state index in [0.717, 1.165) is 53.7 Å². The highest BCUT2D eigenvalue weighted by molar-refractivity contribution is 5.92. The highest BCUT2D eigenvalue weighted by atomic mass is 16.5. The molecule has 2 aromatic rings. The van der Waals surface area contributed by atoms with E-state index in [1.165, 1.54) is 7.11 Å². The van der Waals surface area contributed by atoms with E-state index >= 15 is 0 Å². The van der Waals surface area contributed by atoms with Gasteiger partial charge in [0.25, 0.3) is 0 Å². The van der Waals surface area contributed by atoms with Crippen LogP contribution in [0.1, 0.15) is 40.7 Å². The quantitative estimate of drug-likeness (QED) is 0.634. The SMILES string of the molecule is COC(=O)C(C)c1cccc(C=O)c1-c1ccc2c(c1)CCCO2. The predicted octanol–water partition coefficient (Wildman–Crippen LogP) is 3.77. The fraction of sp³-hybridized carbons (Fsp3) is 0.300. The Kier molecular flexibility index (Phi) is 4.65. The van der Waals surface area contributed by atoms with Gasteiger partial charge in [0, 0.05) is 5.56 Å². The summed E-state index contributed by atoms with van der Waals surface area (Å²) in [6.07, 6.45) is 2.77. The number of aldehydes is 1. The molecule has 0 aromatic heterocycles. The van der Waals surface area contributed by atoms with Crippen molar-refractivity contribution in [1.82, 2.24) is 0 Å². The summed E-state index contributed by atoms with van der Waals surface area (Å²) in [5, 5.41) is 0. The second kappa shape index (κ2) is 6.87. The minimum atomic E-state index is -0.447. The molecule has 0 saturated heterocycles. The van der Waals surface area contributed by atoms with Crippen molar-refractivity contribution < 1.29 is 19.1 Å². The number of esters is 1. The molecule has 1 aliphatic rings. The first kappa shape index (κ1) is 16.2. The number of methoxy groups -OCH3 is 1. The number of aryl methyl sites for hydroxylation is 1. The van der Waals surface area contributed by atoms with Gasteiger partial charge in [-0.25, -0.2) is 0 Å². The van der Waals surface area contributed by atoms with Crippen molar-refractivity contribution in [1.29, 1.82) is 0 Å². The van der Waals surface area contributed by atoms with Crippen LogP contribution in [0, 0.1) is 0 Å². The molecule has 0 saturated carbocycles. The van der Waals surface area contributed by atoms with Crippen molar-refractivity contribution >= 4 is 12.3 Å². The predicted molar refractivity (Wildman–Crippen MR) is 91.5 cm³/mol. The van der Waals surface area contributed by atoms with Crippen molar-refractivity contribution in [2.75, 3.05) is 13.7 Å². The average Bonchev–Trinajstić information content (AvgIpc) is 2.65. The van der Waals surface area contributed by atoms with Crippen molar-refractivity contribution in [3.05, 3.63) is 53.1 Å². The van der Waals surface area contributed by atoms with Gasteiger partial charge in [-0.15, -0.1) is 0 Å². The first-order valence-electron chi connectivity index (χ1n) is 8.07. The molecule has 0 amide bonds. The zero-order valence-corrected chi connectivity index (χ0v) is 13.9. The van der Waals surface area contributed by atoms with E-state index in [1.54, 1.807) is 19.1 Å². The summed E-state index contributed by atoms with van der Waals surface area (Å²) in [5.74, 6) is 0.133. The van der Waals surface area contributed by atoms with Crippen LogP contribution in [0.2, 0.25) is 0 Å². The van der Waals surface area contributed by atoms with Gasteiger partial charge in [-0.2, -0.15) is 0 Å². The van der Waals surface area contributed by atoms with Crippen LogP contribution in [0.4, 0.5) is 0 Å². The topological polar surface area (TPSA) is 52.6 Å². The molecule has 4 heteroatoms. The summed E-state index contributed by atoms with van der Waals surface area (Å²) in [5.41, 5.74) is 4.21. The van der Waals surface area contributed by atoms with E-state index in [2.05, 4.69) is 6.07 Å². The second-order valence-electron chi connectivity index (χ2n) is 5.95. The lowest BCUT2D eigenvalue weighted by Gasteiger charge is -2.20. The maximum atomic E-state index is 12.0. The number of benzene rings is 2. The Morgan fingerprint density at radius 1 is 1.29 bits per heavy atom. The monoisotopic (exact) mass is 324 g/mol.